The fraction of sp³-hybridized carbons (Fsp3) is 0.0556. The van der Waals surface area contributed by atoms with Gasteiger partial charge in [-0.05, 0) is 43.3 Å². The summed E-state index contributed by atoms with van der Waals surface area (Å²) in [6.45, 7) is 1.68. The Bertz CT molecular complexity index is 981. The van der Waals surface area contributed by atoms with Gasteiger partial charge >= 0.3 is 0 Å². The highest BCUT2D eigenvalue weighted by Gasteiger charge is 2.12. The zero-order chi connectivity index (χ0) is 18.7. The predicted octanol–water partition coefficient (Wildman–Crippen LogP) is 5.23. The highest BCUT2D eigenvalue weighted by Crippen LogP contribution is 2.21. The van der Waals surface area contributed by atoms with E-state index < -0.39 is 11.7 Å². The van der Waals surface area contributed by atoms with E-state index in [1.807, 2.05) is 6.07 Å². The molecule has 0 unspecified atom stereocenters. The Labute approximate surface area is 159 Å². The van der Waals surface area contributed by atoms with Crippen LogP contribution in [-0.2, 0) is 0 Å². The van der Waals surface area contributed by atoms with Gasteiger partial charge in [0.25, 0.3) is 5.91 Å². The minimum Gasteiger partial charge on any atom is -0.340 e. The summed E-state index contributed by atoms with van der Waals surface area (Å²) in [6, 6.07) is 12.5. The van der Waals surface area contributed by atoms with Crippen LogP contribution in [0.1, 0.15) is 16.3 Å². The fourth-order valence-electron chi connectivity index (χ4n) is 2.23. The van der Waals surface area contributed by atoms with Crippen LogP contribution in [0.15, 0.2) is 48.5 Å². The number of nitrogens with zero attached hydrogens (tertiary/aromatic N) is 2. The molecule has 2 aromatic carbocycles. The fourth-order valence-corrected chi connectivity index (χ4v) is 2.60. The molecule has 0 radical (unpaired) electrons. The predicted molar refractivity (Wildman–Crippen MR) is 101 cm³/mol. The van der Waals surface area contributed by atoms with E-state index in [-0.39, 0.29) is 10.7 Å². The molecule has 26 heavy (non-hydrogen) atoms. The van der Waals surface area contributed by atoms with Gasteiger partial charge in [-0.15, -0.1) is 0 Å². The minimum absolute atomic E-state index is 0.0787. The molecule has 0 aliphatic carbocycles. The number of carbonyl (C=O) groups is 1. The van der Waals surface area contributed by atoms with Crippen LogP contribution >= 0.6 is 23.2 Å². The van der Waals surface area contributed by atoms with Crippen LogP contribution in [0.2, 0.25) is 10.0 Å². The Balaban J connectivity index is 1.82. The lowest BCUT2D eigenvalue weighted by Crippen LogP contribution is -2.15. The molecule has 0 bridgehead atoms. The Hall–Kier alpha value is -2.70. The van der Waals surface area contributed by atoms with E-state index in [9.17, 15) is 9.18 Å². The zero-order valence-electron chi connectivity index (χ0n) is 13.6. The van der Waals surface area contributed by atoms with Crippen molar-refractivity contribution in [2.24, 2.45) is 0 Å². The number of halogens is 3. The number of nitrogens with one attached hydrogen (secondary N) is 2. The third-order valence-corrected chi connectivity index (χ3v) is 3.87. The Kier molecular flexibility index (Phi) is 5.35. The molecule has 0 spiro atoms. The number of hydrogen-bond acceptors (Lipinski definition) is 4. The van der Waals surface area contributed by atoms with Crippen LogP contribution in [0.3, 0.4) is 0 Å². The second-order valence-corrected chi connectivity index (χ2v) is 6.25. The van der Waals surface area contributed by atoms with Crippen molar-refractivity contribution in [1.82, 2.24) is 9.97 Å². The van der Waals surface area contributed by atoms with Crippen molar-refractivity contribution >= 4 is 46.3 Å². The summed E-state index contributed by atoms with van der Waals surface area (Å²) >= 11 is 11.7. The van der Waals surface area contributed by atoms with Crippen LogP contribution in [0.25, 0.3) is 0 Å². The van der Waals surface area contributed by atoms with Crippen LogP contribution in [0.4, 0.5) is 21.6 Å². The second kappa shape index (κ2) is 7.68. The molecule has 0 atom stereocenters. The number of carbonyl (C=O) groups excluding carboxylic acids is 1. The molecule has 2 N–H and O–H groups in total. The van der Waals surface area contributed by atoms with Crippen LogP contribution in [0.5, 0.6) is 0 Å². The van der Waals surface area contributed by atoms with Gasteiger partial charge in [0.15, 0.2) is 0 Å². The molecule has 1 aromatic heterocycles. The second-order valence-electron chi connectivity index (χ2n) is 5.40. The third-order valence-electron chi connectivity index (χ3n) is 3.35. The van der Waals surface area contributed by atoms with E-state index in [0.717, 1.165) is 5.69 Å². The number of benzene rings is 2. The summed E-state index contributed by atoms with van der Waals surface area (Å²) < 4.78 is 13.2. The van der Waals surface area contributed by atoms with Crippen LogP contribution in [-0.4, -0.2) is 15.9 Å². The van der Waals surface area contributed by atoms with E-state index in [1.165, 1.54) is 24.3 Å². The first-order chi connectivity index (χ1) is 12.4. The van der Waals surface area contributed by atoms with Crippen molar-refractivity contribution in [2.45, 2.75) is 6.92 Å². The number of amides is 1. The summed E-state index contributed by atoms with van der Waals surface area (Å²) in [6.07, 6.45) is 0. The van der Waals surface area contributed by atoms with Gasteiger partial charge in [0.1, 0.15) is 23.2 Å². The maximum atomic E-state index is 13.2. The van der Waals surface area contributed by atoms with E-state index in [2.05, 4.69) is 20.6 Å². The number of hydrogen-bond donors (Lipinski definition) is 2. The Morgan fingerprint density at radius 3 is 2.58 bits per heavy atom. The highest BCUT2D eigenvalue weighted by atomic mass is 35.5. The summed E-state index contributed by atoms with van der Waals surface area (Å²) in [4.78, 5) is 20.8. The SMILES string of the molecule is Cc1nc(Nc2cccc(Cl)c2)cc(C(=O)Nc2ccc(F)c(Cl)c2)n1. The van der Waals surface area contributed by atoms with Gasteiger partial charge in [-0.1, -0.05) is 29.3 Å². The largest absolute Gasteiger partial charge is 0.340 e. The maximum absolute atomic E-state index is 13.2. The zero-order valence-corrected chi connectivity index (χ0v) is 15.1. The molecule has 5 nitrogen and oxygen atoms in total. The molecule has 0 aliphatic heterocycles. The van der Waals surface area contributed by atoms with Crippen LogP contribution in [0, 0.1) is 12.7 Å². The summed E-state index contributed by atoms with van der Waals surface area (Å²) in [5.41, 5.74) is 1.25. The van der Waals surface area contributed by atoms with Gasteiger partial charge in [0.05, 0.1) is 5.02 Å². The first kappa shape index (κ1) is 18.1. The standard InChI is InChI=1S/C18H13Cl2FN4O/c1-10-22-16(18(26)25-13-5-6-15(21)14(20)8-13)9-17(23-10)24-12-4-2-3-11(19)7-12/h2-9H,1H3,(H,25,26)(H,22,23,24). The lowest BCUT2D eigenvalue weighted by Gasteiger charge is -2.10. The van der Waals surface area contributed by atoms with Crippen molar-refractivity contribution in [3.63, 3.8) is 0 Å². The van der Waals surface area contributed by atoms with Crippen molar-refractivity contribution in [3.8, 4) is 0 Å². The molecule has 0 saturated carbocycles. The Morgan fingerprint density at radius 2 is 1.85 bits per heavy atom. The first-order valence-corrected chi connectivity index (χ1v) is 8.31. The van der Waals surface area contributed by atoms with Crippen molar-refractivity contribution in [1.29, 1.82) is 0 Å². The lowest BCUT2D eigenvalue weighted by atomic mass is 10.2. The summed E-state index contributed by atoms with van der Waals surface area (Å²) in [5.74, 6) is -0.163. The molecule has 0 aliphatic rings. The first-order valence-electron chi connectivity index (χ1n) is 7.55. The van der Waals surface area contributed by atoms with Crippen molar-refractivity contribution in [2.75, 3.05) is 10.6 Å². The van der Waals surface area contributed by atoms with Crippen molar-refractivity contribution < 1.29 is 9.18 Å². The Morgan fingerprint density at radius 1 is 1.04 bits per heavy atom. The number of anilines is 3. The van der Waals surface area contributed by atoms with Crippen molar-refractivity contribution in [3.05, 3.63) is 75.9 Å². The van der Waals surface area contributed by atoms with Gasteiger partial charge in [-0.25, -0.2) is 14.4 Å². The van der Waals surface area contributed by atoms with Gasteiger partial charge in [0, 0.05) is 22.5 Å². The highest BCUT2D eigenvalue weighted by molar-refractivity contribution is 6.31. The van der Waals surface area contributed by atoms with E-state index in [4.69, 9.17) is 23.2 Å². The molecule has 0 fully saturated rings. The quantitative estimate of drug-likeness (QED) is 0.640. The molecule has 132 valence electrons. The molecule has 8 heteroatoms. The number of aryl methyl sites for hydroxylation is 1. The number of rotatable bonds is 4. The van der Waals surface area contributed by atoms with E-state index in [0.29, 0.717) is 22.4 Å². The number of aromatic nitrogens is 2. The van der Waals surface area contributed by atoms with Gasteiger partial charge in [-0.2, -0.15) is 0 Å². The lowest BCUT2D eigenvalue weighted by molar-refractivity contribution is 0.102. The molecular weight excluding hydrogens is 378 g/mol. The monoisotopic (exact) mass is 390 g/mol. The molecule has 3 aromatic rings. The average Bonchev–Trinajstić information content (AvgIpc) is 2.57. The maximum Gasteiger partial charge on any atom is 0.274 e. The topological polar surface area (TPSA) is 66.9 Å². The smallest absolute Gasteiger partial charge is 0.274 e. The van der Waals surface area contributed by atoms with Gasteiger partial charge in [-0.3, -0.25) is 4.79 Å². The molecule has 3 rings (SSSR count). The van der Waals surface area contributed by atoms with E-state index in [1.54, 1.807) is 25.1 Å². The van der Waals surface area contributed by atoms with E-state index >= 15 is 0 Å². The minimum atomic E-state index is -0.560. The third kappa shape index (κ3) is 4.47. The normalized spacial score (nSPS) is 10.5. The molecular formula is C18H13Cl2FN4O. The van der Waals surface area contributed by atoms with Gasteiger partial charge in [0.2, 0.25) is 0 Å². The summed E-state index contributed by atoms with van der Waals surface area (Å²) in [7, 11) is 0. The molecule has 1 amide bonds. The molecule has 0 saturated heterocycles. The van der Waals surface area contributed by atoms with Gasteiger partial charge < -0.3 is 10.6 Å². The average molecular weight is 391 g/mol. The molecule has 1 heterocycles. The summed E-state index contributed by atoms with van der Waals surface area (Å²) in [5, 5.41) is 6.20. The van der Waals surface area contributed by atoms with Crippen LogP contribution < -0.4 is 10.6 Å².